The van der Waals surface area contributed by atoms with Gasteiger partial charge >= 0.3 is 6.09 Å². The normalized spacial score (nSPS) is 21.4. The predicted octanol–water partition coefficient (Wildman–Crippen LogP) is 5.32. The second kappa shape index (κ2) is 10.6. The Kier molecular flexibility index (Phi) is 6.68. The summed E-state index contributed by atoms with van der Waals surface area (Å²) < 4.78 is 21.2. The van der Waals surface area contributed by atoms with Gasteiger partial charge in [-0.25, -0.2) is 9.18 Å². The minimum Gasteiger partial charge on any atom is -0.436 e. The van der Waals surface area contributed by atoms with Gasteiger partial charge in [0.25, 0.3) is 0 Å². The Hall–Kier alpha value is -5.06. The number of ether oxygens (including phenoxy) is 1. The van der Waals surface area contributed by atoms with Crippen molar-refractivity contribution in [3.05, 3.63) is 87.7 Å². The van der Waals surface area contributed by atoms with Crippen molar-refractivity contribution in [1.29, 1.82) is 0 Å². The lowest BCUT2D eigenvalue weighted by atomic mass is 9.88. The van der Waals surface area contributed by atoms with Gasteiger partial charge in [0.05, 0.1) is 40.6 Å². The van der Waals surface area contributed by atoms with E-state index in [1.807, 2.05) is 18.2 Å². The van der Waals surface area contributed by atoms with E-state index in [-0.39, 0.29) is 48.9 Å². The van der Waals surface area contributed by atoms with Gasteiger partial charge in [0.1, 0.15) is 5.82 Å². The number of fused-ring (bicyclic) bond motifs is 7. The van der Waals surface area contributed by atoms with Crippen LogP contribution in [0.5, 0.6) is 0 Å². The van der Waals surface area contributed by atoms with Crippen LogP contribution < -0.4 is 16.2 Å². The summed E-state index contributed by atoms with van der Waals surface area (Å²) in [5, 5.41) is 6.38. The van der Waals surface area contributed by atoms with Gasteiger partial charge in [-0.2, -0.15) is 0 Å². The molecule has 44 heavy (non-hydrogen) atoms. The summed E-state index contributed by atoms with van der Waals surface area (Å²) in [4.78, 5) is 60.7. The molecule has 224 valence electrons. The lowest BCUT2D eigenvalue weighted by molar-refractivity contribution is -0.133. The molecule has 4 aromatic rings. The SMILES string of the molecule is Cc1ccc2c(c1F)[C@@]1(CCN(C(=O)C3CCCCC(=O)Nc4cc5[nH]c(=O)ccc5cc4-c4ccnc3c4)C1)OC(=O)N2. The van der Waals surface area contributed by atoms with Gasteiger partial charge in [-0.3, -0.25) is 24.7 Å². The third-order valence-corrected chi connectivity index (χ3v) is 8.89. The summed E-state index contributed by atoms with van der Waals surface area (Å²) in [6.45, 7) is 1.96. The number of halogens is 1. The number of pyridine rings is 2. The van der Waals surface area contributed by atoms with E-state index in [9.17, 15) is 19.2 Å². The number of H-pyrrole nitrogens is 1. The zero-order valence-corrected chi connectivity index (χ0v) is 24.0. The first kappa shape index (κ1) is 27.8. The first-order valence-corrected chi connectivity index (χ1v) is 14.7. The zero-order valence-electron chi connectivity index (χ0n) is 24.0. The minimum absolute atomic E-state index is 0.0260. The van der Waals surface area contributed by atoms with Crippen molar-refractivity contribution in [2.24, 2.45) is 0 Å². The summed E-state index contributed by atoms with van der Waals surface area (Å²) in [6, 6.07) is 13.8. The first-order chi connectivity index (χ1) is 21.2. The molecule has 2 aromatic carbocycles. The quantitative estimate of drug-likeness (QED) is 0.273. The molecule has 1 fully saturated rings. The molecular weight excluding hydrogens is 565 g/mol. The lowest BCUT2D eigenvalue weighted by Crippen LogP contribution is -2.44. The van der Waals surface area contributed by atoms with E-state index >= 15 is 4.39 Å². The van der Waals surface area contributed by atoms with Gasteiger partial charge in [0, 0.05) is 37.2 Å². The molecule has 0 saturated carbocycles. The van der Waals surface area contributed by atoms with Crippen LogP contribution in [0.1, 0.15) is 54.8 Å². The van der Waals surface area contributed by atoms with Gasteiger partial charge in [0.15, 0.2) is 5.60 Å². The van der Waals surface area contributed by atoms with Crippen molar-refractivity contribution in [3.8, 4) is 11.1 Å². The van der Waals surface area contributed by atoms with E-state index in [1.165, 1.54) is 6.07 Å². The second-order valence-electron chi connectivity index (χ2n) is 11.8. The highest BCUT2D eigenvalue weighted by Gasteiger charge is 2.51. The fourth-order valence-electron chi connectivity index (χ4n) is 6.67. The van der Waals surface area contributed by atoms with Crippen LogP contribution in [-0.2, 0) is 19.9 Å². The van der Waals surface area contributed by atoms with Crippen LogP contribution in [-0.4, -0.2) is 45.9 Å². The predicted molar refractivity (Wildman–Crippen MR) is 162 cm³/mol. The molecule has 11 heteroatoms. The van der Waals surface area contributed by atoms with E-state index in [0.717, 1.165) is 16.5 Å². The van der Waals surface area contributed by atoms with Crippen molar-refractivity contribution < 1.29 is 23.5 Å². The Morgan fingerprint density at radius 3 is 2.77 bits per heavy atom. The van der Waals surface area contributed by atoms with Gasteiger partial charge in [0.2, 0.25) is 17.4 Å². The number of hydrogen-bond donors (Lipinski definition) is 3. The number of aryl methyl sites for hydroxylation is 1. The third-order valence-electron chi connectivity index (χ3n) is 8.89. The molecule has 1 unspecified atom stereocenters. The van der Waals surface area contributed by atoms with Crippen LogP contribution in [0.25, 0.3) is 22.0 Å². The number of nitrogens with one attached hydrogen (secondary N) is 3. The number of anilines is 2. The van der Waals surface area contributed by atoms with Crippen LogP contribution in [0.2, 0.25) is 0 Å². The third kappa shape index (κ3) is 4.78. The molecular formula is C33H30FN5O5. The Morgan fingerprint density at radius 2 is 1.91 bits per heavy atom. The van der Waals surface area contributed by atoms with Gasteiger partial charge in [-0.05, 0) is 72.7 Å². The van der Waals surface area contributed by atoms with Crippen molar-refractivity contribution in [1.82, 2.24) is 14.9 Å². The van der Waals surface area contributed by atoms with Crippen LogP contribution in [0.15, 0.2) is 59.5 Å². The average molecular weight is 596 g/mol. The Morgan fingerprint density at radius 1 is 1.05 bits per heavy atom. The van der Waals surface area contributed by atoms with E-state index in [0.29, 0.717) is 47.4 Å². The maximum atomic E-state index is 15.5. The number of rotatable bonds is 1. The molecule has 5 heterocycles. The first-order valence-electron chi connectivity index (χ1n) is 14.7. The molecule has 2 aromatic heterocycles. The fourth-order valence-corrected chi connectivity index (χ4v) is 6.67. The maximum Gasteiger partial charge on any atom is 0.412 e. The number of hydrogen-bond acceptors (Lipinski definition) is 6. The van der Waals surface area contributed by atoms with Crippen LogP contribution in [0, 0.1) is 12.7 Å². The molecule has 3 aliphatic rings. The highest BCUT2D eigenvalue weighted by molar-refractivity contribution is 6.00. The summed E-state index contributed by atoms with van der Waals surface area (Å²) in [5.74, 6) is -1.42. The number of benzene rings is 2. The van der Waals surface area contributed by atoms with Crippen LogP contribution >= 0.6 is 0 Å². The molecule has 3 aliphatic heterocycles. The summed E-state index contributed by atoms with van der Waals surface area (Å²) >= 11 is 0. The van der Waals surface area contributed by atoms with E-state index in [4.69, 9.17) is 4.74 Å². The van der Waals surface area contributed by atoms with Crippen molar-refractivity contribution >= 4 is 40.2 Å². The lowest BCUT2D eigenvalue weighted by Gasteiger charge is -2.36. The van der Waals surface area contributed by atoms with Gasteiger partial charge in [-0.1, -0.05) is 12.5 Å². The number of likely N-dealkylation sites (tertiary alicyclic amines) is 1. The molecule has 2 atom stereocenters. The number of aromatic nitrogens is 2. The largest absolute Gasteiger partial charge is 0.436 e. The Bertz CT molecular complexity index is 1920. The molecule has 1 saturated heterocycles. The molecule has 3 amide bonds. The van der Waals surface area contributed by atoms with Crippen molar-refractivity contribution in [3.63, 3.8) is 0 Å². The highest BCUT2D eigenvalue weighted by Crippen LogP contribution is 2.45. The summed E-state index contributed by atoms with van der Waals surface area (Å²) in [5.41, 5.74) is 2.74. The van der Waals surface area contributed by atoms with E-state index in [1.54, 1.807) is 42.3 Å². The van der Waals surface area contributed by atoms with Crippen molar-refractivity contribution in [2.45, 2.75) is 50.5 Å². The molecule has 2 bridgehead atoms. The Balaban J connectivity index is 1.26. The molecule has 7 rings (SSSR count). The van der Waals surface area contributed by atoms with E-state index < -0.39 is 23.4 Å². The summed E-state index contributed by atoms with van der Waals surface area (Å²) in [7, 11) is 0. The van der Waals surface area contributed by atoms with Gasteiger partial charge < -0.3 is 19.9 Å². The number of carbonyl (C=O) groups excluding carboxylic acids is 3. The molecule has 3 N–H and O–H groups in total. The highest BCUT2D eigenvalue weighted by atomic mass is 19.1. The van der Waals surface area contributed by atoms with Crippen molar-refractivity contribution in [2.75, 3.05) is 23.7 Å². The number of amides is 3. The molecule has 10 nitrogen and oxygen atoms in total. The van der Waals surface area contributed by atoms with Crippen LogP contribution in [0.3, 0.4) is 0 Å². The minimum atomic E-state index is -1.29. The van der Waals surface area contributed by atoms with Crippen LogP contribution in [0.4, 0.5) is 20.6 Å². The van der Waals surface area contributed by atoms with Gasteiger partial charge in [-0.15, -0.1) is 0 Å². The average Bonchev–Trinajstić information content (AvgIpc) is 3.41. The number of carbonyl (C=O) groups is 3. The zero-order chi connectivity index (χ0) is 30.6. The molecule has 0 aliphatic carbocycles. The monoisotopic (exact) mass is 595 g/mol. The maximum absolute atomic E-state index is 15.5. The van der Waals surface area contributed by atoms with E-state index in [2.05, 4.69) is 20.6 Å². The second-order valence-corrected chi connectivity index (χ2v) is 11.8. The number of aromatic amines is 1. The smallest absolute Gasteiger partial charge is 0.412 e. The summed E-state index contributed by atoms with van der Waals surface area (Å²) in [6.07, 6.45) is 3.11. The number of nitrogens with zero attached hydrogens (tertiary/aromatic N) is 2. The fraction of sp³-hybridized carbons (Fsp3) is 0.303. The Labute approximate surface area is 251 Å². The molecule has 0 radical (unpaired) electrons. The molecule has 1 spiro atoms. The standard InChI is InChI=1S/C33H30FN5O5/c1-18-6-8-23-29(30(18)34)33(44-32(43)38-23)11-13-39(17-33)31(42)21-4-2-3-5-27(40)37-26-16-24-20(7-9-28(41)36-24)14-22(26)19-10-12-35-25(21)15-19/h6-10,12,14-16,21H,2-5,11,13,17H2,1H3,(H,36,41)(H,37,40)(H,38,43)/t21?,33-/m0/s1. The topological polar surface area (TPSA) is 133 Å².